The van der Waals surface area contributed by atoms with Crippen molar-refractivity contribution in [1.29, 1.82) is 0 Å². The normalized spacial score (nSPS) is 15.5. The number of hydrogen-bond acceptors (Lipinski definition) is 5. The average molecular weight is 368 g/mol. The van der Waals surface area contributed by atoms with Gasteiger partial charge in [-0.05, 0) is 24.5 Å². The molecule has 3 aromatic rings. The summed E-state index contributed by atoms with van der Waals surface area (Å²) in [6.45, 7) is 0. The largest absolute Gasteiger partial charge is 0.336 e. The van der Waals surface area contributed by atoms with Gasteiger partial charge in [-0.15, -0.1) is 10.2 Å². The quantitative estimate of drug-likeness (QED) is 0.518. The predicted molar refractivity (Wildman–Crippen MR) is 106 cm³/mol. The van der Waals surface area contributed by atoms with Crippen LogP contribution in [0.3, 0.4) is 0 Å². The second-order valence-electron chi connectivity index (χ2n) is 7.10. The number of nitrogens with zero attached hydrogens (tertiary/aromatic N) is 4. The van der Waals surface area contributed by atoms with Gasteiger partial charge in [0.05, 0.1) is 11.2 Å². The highest BCUT2D eigenvalue weighted by molar-refractivity contribution is 7.98. The first-order valence-electron chi connectivity index (χ1n) is 9.46. The lowest BCUT2D eigenvalue weighted by Gasteiger charge is -2.20. The Morgan fingerprint density at radius 3 is 2.77 bits per heavy atom. The summed E-state index contributed by atoms with van der Waals surface area (Å²) in [5.74, 6) is 8.69. The molecule has 6 heteroatoms. The first kappa shape index (κ1) is 17.3. The number of fused-ring (bicyclic) bond motifs is 1. The summed E-state index contributed by atoms with van der Waals surface area (Å²) in [7, 11) is 0. The van der Waals surface area contributed by atoms with Gasteiger partial charge in [0.2, 0.25) is 5.16 Å². The standard InChI is InChI=1S/C20H25N5S/c21-25-19(13-10-15-6-2-1-3-7-15)23-24-20(25)26-14-17-12-11-16-8-4-5-9-18(16)22-17/h4-5,8-9,11-12,15H,1-3,6-7,10,13-14,21H2. The van der Waals surface area contributed by atoms with Gasteiger partial charge < -0.3 is 5.84 Å². The van der Waals surface area contributed by atoms with Gasteiger partial charge in [0, 0.05) is 17.6 Å². The molecule has 0 radical (unpaired) electrons. The Morgan fingerprint density at radius 2 is 1.88 bits per heavy atom. The average Bonchev–Trinajstić information content (AvgIpc) is 3.05. The van der Waals surface area contributed by atoms with E-state index in [0.29, 0.717) is 0 Å². The van der Waals surface area contributed by atoms with E-state index in [1.54, 1.807) is 16.4 Å². The third kappa shape index (κ3) is 4.01. The molecule has 1 saturated carbocycles. The summed E-state index contributed by atoms with van der Waals surface area (Å²) >= 11 is 1.59. The molecule has 0 atom stereocenters. The van der Waals surface area contributed by atoms with Crippen LogP contribution in [0.25, 0.3) is 10.9 Å². The molecule has 1 aliphatic carbocycles. The molecule has 5 nitrogen and oxygen atoms in total. The minimum Gasteiger partial charge on any atom is -0.336 e. The maximum absolute atomic E-state index is 6.22. The Bertz CT molecular complexity index is 870. The Balaban J connectivity index is 1.36. The monoisotopic (exact) mass is 367 g/mol. The van der Waals surface area contributed by atoms with Crippen molar-refractivity contribution in [3.63, 3.8) is 0 Å². The number of pyridine rings is 1. The number of nitrogen functional groups attached to an aromatic ring is 1. The number of para-hydroxylation sites is 1. The van der Waals surface area contributed by atoms with Gasteiger partial charge in [-0.3, -0.25) is 4.98 Å². The number of nitrogens with two attached hydrogens (primary N) is 1. The number of aryl methyl sites for hydroxylation is 1. The van der Waals surface area contributed by atoms with Crippen molar-refractivity contribution in [1.82, 2.24) is 19.9 Å². The fourth-order valence-electron chi connectivity index (χ4n) is 3.71. The molecule has 2 heterocycles. The fourth-order valence-corrected chi connectivity index (χ4v) is 4.49. The molecule has 2 aromatic heterocycles. The fraction of sp³-hybridized carbons (Fsp3) is 0.450. The summed E-state index contributed by atoms with van der Waals surface area (Å²) in [6.07, 6.45) is 8.95. The third-order valence-corrected chi connectivity index (χ3v) is 6.22. The lowest BCUT2D eigenvalue weighted by molar-refractivity contribution is 0.336. The van der Waals surface area contributed by atoms with Crippen LogP contribution >= 0.6 is 11.8 Å². The number of rotatable bonds is 6. The molecule has 1 aromatic carbocycles. The van der Waals surface area contributed by atoms with E-state index in [0.717, 1.165) is 45.7 Å². The van der Waals surface area contributed by atoms with Crippen LogP contribution in [0, 0.1) is 5.92 Å². The van der Waals surface area contributed by atoms with Gasteiger partial charge in [-0.2, -0.15) is 0 Å². The number of aromatic nitrogens is 4. The molecule has 0 unspecified atom stereocenters. The molecule has 26 heavy (non-hydrogen) atoms. The smallest absolute Gasteiger partial charge is 0.210 e. The van der Waals surface area contributed by atoms with E-state index >= 15 is 0 Å². The second-order valence-corrected chi connectivity index (χ2v) is 8.04. The first-order chi connectivity index (χ1) is 12.8. The van der Waals surface area contributed by atoms with E-state index in [1.165, 1.54) is 38.5 Å². The summed E-state index contributed by atoms with van der Waals surface area (Å²) in [4.78, 5) is 4.71. The van der Waals surface area contributed by atoms with E-state index in [1.807, 2.05) is 18.2 Å². The predicted octanol–water partition coefficient (Wildman–Crippen LogP) is 4.35. The summed E-state index contributed by atoms with van der Waals surface area (Å²) in [5.41, 5.74) is 2.05. The van der Waals surface area contributed by atoms with Gasteiger partial charge in [0.25, 0.3) is 0 Å². The maximum Gasteiger partial charge on any atom is 0.210 e. The van der Waals surface area contributed by atoms with E-state index < -0.39 is 0 Å². The number of hydrogen-bond donors (Lipinski definition) is 1. The first-order valence-corrected chi connectivity index (χ1v) is 10.4. The van der Waals surface area contributed by atoms with Crippen molar-refractivity contribution in [2.75, 3.05) is 5.84 Å². The van der Waals surface area contributed by atoms with E-state index in [9.17, 15) is 0 Å². The van der Waals surface area contributed by atoms with Crippen LogP contribution in [0.5, 0.6) is 0 Å². The van der Waals surface area contributed by atoms with E-state index in [-0.39, 0.29) is 0 Å². The van der Waals surface area contributed by atoms with Crippen molar-refractivity contribution < 1.29 is 0 Å². The number of benzene rings is 1. The molecule has 1 fully saturated rings. The summed E-state index contributed by atoms with van der Waals surface area (Å²) < 4.78 is 1.66. The van der Waals surface area contributed by atoms with E-state index in [4.69, 9.17) is 10.8 Å². The summed E-state index contributed by atoms with van der Waals surface area (Å²) in [5, 5.41) is 10.5. The van der Waals surface area contributed by atoms with E-state index in [2.05, 4.69) is 28.4 Å². The van der Waals surface area contributed by atoms with Crippen LogP contribution in [-0.4, -0.2) is 19.9 Å². The Labute approximate surface area is 158 Å². The minimum atomic E-state index is 0.739. The van der Waals surface area contributed by atoms with Crippen molar-refractivity contribution in [2.24, 2.45) is 5.92 Å². The van der Waals surface area contributed by atoms with Gasteiger partial charge in [0.1, 0.15) is 0 Å². The minimum absolute atomic E-state index is 0.739. The zero-order valence-electron chi connectivity index (χ0n) is 15.0. The van der Waals surface area contributed by atoms with Crippen molar-refractivity contribution in [3.05, 3.63) is 47.9 Å². The molecule has 0 saturated heterocycles. The van der Waals surface area contributed by atoms with Crippen LogP contribution in [0.2, 0.25) is 0 Å². The number of thioether (sulfide) groups is 1. The molecule has 136 valence electrons. The van der Waals surface area contributed by atoms with Crippen molar-refractivity contribution in [3.8, 4) is 0 Å². The molecular formula is C20H25N5S. The Hall–Kier alpha value is -2.08. The highest BCUT2D eigenvalue weighted by atomic mass is 32.2. The second kappa shape index (κ2) is 8.08. The third-order valence-electron chi connectivity index (χ3n) is 5.24. The summed E-state index contributed by atoms with van der Waals surface area (Å²) in [6, 6.07) is 12.3. The molecule has 0 bridgehead atoms. The van der Waals surface area contributed by atoms with Crippen LogP contribution in [0.1, 0.15) is 50.0 Å². The lowest BCUT2D eigenvalue weighted by Crippen LogP contribution is -2.16. The molecule has 1 aliphatic rings. The van der Waals surface area contributed by atoms with Gasteiger partial charge in [-0.1, -0.05) is 68.1 Å². The maximum atomic E-state index is 6.22. The molecule has 0 aliphatic heterocycles. The SMILES string of the molecule is Nn1c(CCC2CCCCC2)nnc1SCc1ccc2ccccc2n1. The van der Waals surface area contributed by atoms with Crippen LogP contribution < -0.4 is 5.84 Å². The Kier molecular flexibility index (Phi) is 5.39. The topological polar surface area (TPSA) is 69.6 Å². The highest BCUT2D eigenvalue weighted by Crippen LogP contribution is 2.28. The van der Waals surface area contributed by atoms with Crippen LogP contribution in [0.4, 0.5) is 0 Å². The van der Waals surface area contributed by atoms with Gasteiger partial charge in [0.15, 0.2) is 5.82 Å². The molecular weight excluding hydrogens is 342 g/mol. The molecule has 4 rings (SSSR count). The van der Waals surface area contributed by atoms with Crippen molar-refractivity contribution >= 4 is 22.7 Å². The van der Waals surface area contributed by atoms with Crippen LogP contribution in [0.15, 0.2) is 41.6 Å². The van der Waals surface area contributed by atoms with Crippen LogP contribution in [-0.2, 0) is 12.2 Å². The Morgan fingerprint density at radius 1 is 1.04 bits per heavy atom. The van der Waals surface area contributed by atoms with Gasteiger partial charge >= 0.3 is 0 Å². The zero-order chi connectivity index (χ0) is 17.8. The lowest BCUT2D eigenvalue weighted by atomic mass is 9.86. The van der Waals surface area contributed by atoms with Gasteiger partial charge in [-0.25, -0.2) is 4.68 Å². The highest BCUT2D eigenvalue weighted by Gasteiger charge is 2.16. The van der Waals surface area contributed by atoms with Crippen molar-refractivity contribution in [2.45, 2.75) is 55.9 Å². The molecule has 2 N–H and O–H groups in total. The molecule has 0 spiro atoms. The zero-order valence-corrected chi connectivity index (χ0v) is 15.8. The molecule has 0 amide bonds.